The second-order valence-electron chi connectivity index (χ2n) is 7.76. The summed E-state index contributed by atoms with van der Waals surface area (Å²) in [4.78, 5) is 4.37. The molecule has 7 nitrogen and oxygen atoms in total. The van der Waals surface area contributed by atoms with E-state index in [9.17, 15) is 0 Å². The number of nitrogens with zero attached hydrogens (tertiary/aromatic N) is 4. The van der Waals surface area contributed by atoms with Crippen molar-refractivity contribution in [2.75, 3.05) is 20.2 Å². The van der Waals surface area contributed by atoms with Crippen molar-refractivity contribution in [1.82, 2.24) is 25.2 Å². The second kappa shape index (κ2) is 8.69. The maximum absolute atomic E-state index is 6.03. The van der Waals surface area contributed by atoms with E-state index in [2.05, 4.69) is 46.6 Å². The Bertz CT molecular complexity index is 769. The first-order valence-electron chi connectivity index (χ1n) is 9.93. The highest BCUT2D eigenvalue weighted by Gasteiger charge is 2.49. The molecule has 0 saturated heterocycles. The zero-order valence-electron chi connectivity index (χ0n) is 16.9. The maximum Gasteiger partial charge on any atom is 0.191 e. The van der Waals surface area contributed by atoms with E-state index in [0.29, 0.717) is 12.1 Å². The fourth-order valence-corrected chi connectivity index (χ4v) is 3.50. The number of rotatable bonds is 8. The number of ether oxygens (including phenoxy) is 1. The van der Waals surface area contributed by atoms with Crippen LogP contribution in [0, 0.1) is 5.41 Å². The molecule has 0 aromatic carbocycles. The quantitative estimate of drug-likeness (QED) is 0.423. The van der Waals surface area contributed by atoms with Crippen LogP contribution >= 0.6 is 0 Å². The molecular weight excluding hydrogens is 340 g/mol. The van der Waals surface area contributed by atoms with Crippen molar-refractivity contribution in [1.29, 1.82) is 0 Å². The van der Waals surface area contributed by atoms with Gasteiger partial charge in [-0.2, -0.15) is 0 Å². The highest BCUT2D eigenvalue weighted by atomic mass is 16.5. The van der Waals surface area contributed by atoms with Crippen LogP contribution in [0.4, 0.5) is 0 Å². The third kappa shape index (κ3) is 4.40. The molecule has 1 aliphatic rings. The Kier molecular flexibility index (Phi) is 6.31. The Balaban J connectivity index is 1.46. The molecule has 2 unspecified atom stereocenters. The first-order chi connectivity index (χ1) is 13.1. The van der Waals surface area contributed by atoms with Gasteiger partial charge in [0.25, 0.3) is 0 Å². The summed E-state index contributed by atoms with van der Waals surface area (Å²) in [6.45, 7) is 8.33. The highest BCUT2D eigenvalue weighted by Crippen LogP contribution is 2.42. The van der Waals surface area contributed by atoms with E-state index in [1.165, 1.54) is 6.42 Å². The van der Waals surface area contributed by atoms with Crippen molar-refractivity contribution in [2.45, 2.75) is 58.6 Å². The van der Waals surface area contributed by atoms with Gasteiger partial charge < -0.3 is 15.4 Å². The number of pyridine rings is 1. The first-order valence-corrected chi connectivity index (χ1v) is 9.93. The average molecular weight is 373 g/mol. The van der Waals surface area contributed by atoms with Crippen molar-refractivity contribution >= 4 is 11.6 Å². The van der Waals surface area contributed by atoms with Gasteiger partial charge in [-0.15, -0.1) is 10.2 Å². The van der Waals surface area contributed by atoms with Crippen LogP contribution in [0.25, 0.3) is 5.65 Å². The minimum atomic E-state index is 0.106. The van der Waals surface area contributed by atoms with Gasteiger partial charge in [0.05, 0.1) is 6.10 Å². The highest BCUT2D eigenvalue weighted by molar-refractivity contribution is 5.80. The van der Waals surface area contributed by atoms with E-state index < -0.39 is 0 Å². The summed E-state index contributed by atoms with van der Waals surface area (Å²) in [6, 6.07) is 6.29. The van der Waals surface area contributed by atoms with Crippen LogP contribution in [-0.2, 0) is 11.2 Å². The maximum atomic E-state index is 6.03. The predicted molar refractivity (Wildman–Crippen MR) is 108 cm³/mol. The topological polar surface area (TPSA) is 75.8 Å². The van der Waals surface area contributed by atoms with E-state index in [-0.39, 0.29) is 5.41 Å². The van der Waals surface area contributed by atoms with Crippen molar-refractivity contribution in [3.8, 4) is 0 Å². The Morgan fingerprint density at radius 2 is 2.22 bits per heavy atom. The van der Waals surface area contributed by atoms with Gasteiger partial charge in [-0.1, -0.05) is 33.3 Å². The number of nitrogens with one attached hydrogen (secondary N) is 2. The van der Waals surface area contributed by atoms with Gasteiger partial charge in [0, 0.05) is 44.3 Å². The van der Waals surface area contributed by atoms with Crippen LogP contribution in [0.2, 0.25) is 0 Å². The molecule has 0 bridgehead atoms. The Morgan fingerprint density at radius 1 is 1.37 bits per heavy atom. The van der Waals surface area contributed by atoms with Crippen LogP contribution in [0.1, 0.15) is 45.9 Å². The van der Waals surface area contributed by atoms with Crippen LogP contribution in [0.5, 0.6) is 0 Å². The molecule has 148 valence electrons. The lowest BCUT2D eigenvalue weighted by Gasteiger charge is -2.52. The summed E-state index contributed by atoms with van der Waals surface area (Å²) >= 11 is 0. The largest absolute Gasteiger partial charge is 0.378 e. The van der Waals surface area contributed by atoms with E-state index in [4.69, 9.17) is 4.74 Å². The monoisotopic (exact) mass is 372 g/mol. The van der Waals surface area contributed by atoms with Gasteiger partial charge in [-0.05, 0) is 25.0 Å². The summed E-state index contributed by atoms with van der Waals surface area (Å²) in [5.41, 5.74) is 0.981. The molecule has 0 spiro atoms. The normalized spacial score (nSPS) is 21.9. The zero-order valence-corrected chi connectivity index (χ0v) is 16.9. The lowest BCUT2D eigenvalue weighted by molar-refractivity contribution is -0.113. The molecule has 0 amide bonds. The molecule has 27 heavy (non-hydrogen) atoms. The molecular formula is C20H32N6O. The number of hydrogen-bond donors (Lipinski definition) is 2. The van der Waals surface area contributed by atoms with E-state index in [0.717, 1.165) is 49.8 Å². The summed E-state index contributed by atoms with van der Waals surface area (Å²) < 4.78 is 8.05. The van der Waals surface area contributed by atoms with Gasteiger partial charge in [0.1, 0.15) is 5.82 Å². The molecule has 7 heteroatoms. The van der Waals surface area contributed by atoms with Crippen LogP contribution in [0.3, 0.4) is 0 Å². The standard InChI is InChI=1S/C20H32N6O/c1-5-6-13-27-16-14-15(20(16,2)3)23-19(21-4)22-11-10-18-25-24-17-9-7-8-12-26(17)18/h7-9,12,15-16H,5-6,10-11,13-14H2,1-4H3,(H2,21,22,23). The Hall–Kier alpha value is -2.15. The van der Waals surface area contributed by atoms with Crippen molar-refractivity contribution < 1.29 is 4.74 Å². The minimum Gasteiger partial charge on any atom is -0.378 e. The van der Waals surface area contributed by atoms with Crippen LogP contribution in [0.15, 0.2) is 29.4 Å². The molecule has 2 aromatic rings. The predicted octanol–water partition coefficient (Wildman–Crippen LogP) is 2.42. The second-order valence-corrected chi connectivity index (χ2v) is 7.76. The molecule has 1 aliphatic carbocycles. The van der Waals surface area contributed by atoms with Crippen molar-refractivity contribution in [2.24, 2.45) is 10.4 Å². The minimum absolute atomic E-state index is 0.106. The Morgan fingerprint density at radius 3 is 2.96 bits per heavy atom. The average Bonchev–Trinajstić information content (AvgIpc) is 3.08. The smallest absolute Gasteiger partial charge is 0.191 e. The molecule has 2 atom stereocenters. The number of unbranched alkanes of at least 4 members (excludes halogenated alkanes) is 1. The number of guanidine groups is 1. The van der Waals surface area contributed by atoms with Gasteiger partial charge in [0.15, 0.2) is 11.6 Å². The molecule has 1 saturated carbocycles. The van der Waals surface area contributed by atoms with E-state index in [1.807, 2.05) is 35.8 Å². The zero-order chi connectivity index (χ0) is 19.3. The third-order valence-corrected chi connectivity index (χ3v) is 5.55. The van der Waals surface area contributed by atoms with Crippen LogP contribution in [-0.4, -0.2) is 52.9 Å². The third-order valence-electron chi connectivity index (χ3n) is 5.55. The summed E-state index contributed by atoms with van der Waals surface area (Å²) in [6.07, 6.45) is 6.42. The van der Waals surface area contributed by atoms with E-state index >= 15 is 0 Å². The van der Waals surface area contributed by atoms with Gasteiger partial charge in [0.2, 0.25) is 0 Å². The summed E-state index contributed by atoms with van der Waals surface area (Å²) in [7, 11) is 1.81. The van der Waals surface area contributed by atoms with Crippen molar-refractivity contribution in [3.05, 3.63) is 30.2 Å². The fraction of sp³-hybridized carbons (Fsp3) is 0.650. The van der Waals surface area contributed by atoms with E-state index in [1.54, 1.807) is 0 Å². The number of hydrogen-bond acceptors (Lipinski definition) is 4. The fourth-order valence-electron chi connectivity index (χ4n) is 3.50. The molecule has 1 fully saturated rings. The Labute approximate surface area is 161 Å². The number of aliphatic imine (C=N–C) groups is 1. The molecule has 0 aliphatic heterocycles. The molecule has 3 rings (SSSR count). The lowest BCUT2D eigenvalue weighted by atomic mass is 9.64. The summed E-state index contributed by atoms with van der Waals surface area (Å²) in [5, 5.41) is 15.4. The van der Waals surface area contributed by atoms with Crippen LogP contribution < -0.4 is 10.6 Å². The number of aromatic nitrogens is 3. The first kappa shape index (κ1) is 19.6. The van der Waals surface area contributed by atoms with Gasteiger partial charge in [-0.25, -0.2) is 0 Å². The summed E-state index contributed by atoms with van der Waals surface area (Å²) in [5.74, 6) is 1.77. The SMILES string of the molecule is CCCCOC1CC(NC(=NC)NCCc2nnc3ccccn23)C1(C)C. The van der Waals surface area contributed by atoms with Gasteiger partial charge in [-0.3, -0.25) is 9.39 Å². The lowest BCUT2D eigenvalue weighted by Crippen LogP contribution is -2.63. The molecule has 2 aromatic heterocycles. The van der Waals surface area contributed by atoms with Crippen molar-refractivity contribution in [3.63, 3.8) is 0 Å². The molecule has 0 radical (unpaired) electrons. The number of fused-ring (bicyclic) bond motifs is 1. The molecule has 2 N–H and O–H groups in total. The van der Waals surface area contributed by atoms with Gasteiger partial charge >= 0.3 is 0 Å². The molecule has 2 heterocycles.